The van der Waals surface area contributed by atoms with Crippen molar-refractivity contribution in [3.8, 4) is 0 Å². The smallest absolute Gasteiger partial charge is 0.328 e. The standard InChI is InChI=1S/C23H28N4O/c1-14-9-18(10-15(14)2)21-22(17-6-7-17)27(13-24-21)12-16-5-8-19-20(11-16)26(4)23(28)25(19)3/h5,8-9,11,13-15,17H,6-7,10,12H2,1-4H3/t14-,15-/m0/s1. The number of imidazole rings is 2. The molecular formula is C23H28N4O. The molecule has 0 spiro atoms. The highest BCUT2D eigenvalue weighted by atomic mass is 16.1. The minimum Gasteiger partial charge on any atom is -0.329 e. The third-order valence-corrected chi connectivity index (χ3v) is 6.74. The summed E-state index contributed by atoms with van der Waals surface area (Å²) in [4.78, 5) is 17.1. The molecule has 0 amide bonds. The van der Waals surface area contributed by atoms with E-state index in [1.54, 1.807) is 9.13 Å². The van der Waals surface area contributed by atoms with Crippen molar-refractivity contribution in [2.24, 2.45) is 25.9 Å². The lowest BCUT2D eigenvalue weighted by molar-refractivity contribution is 0.499. The molecule has 3 aromatic rings. The fraction of sp³-hybridized carbons (Fsp3) is 0.478. The Kier molecular flexibility index (Phi) is 3.90. The molecule has 2 aromatic heterocycles. The van der Waals surface area contributed by atoms with E-state index in [1.807, 2.05) is 20.4 Å². The second kappa shape index (κ2) is 6.23. The van der Waals surface area contributed by atoms with Gasteiger partial charge in [0.1, 0.15) is 0 Å². The number of benzene rings is 1. The molecule has 2 aliphatic rings. The SMILES string of the molecule is C[C@H]1C=C(c2ncn(Cc3ccc4c(c3)n(C)c(=O)n4C)c2C2CC2)C[C@@H]1C. The van der Waals surface area contributed by atoms with Crippen molar-refractivity contribution >= 4 is 16.6 Å². The molecule has 5 heteroatoms. The van der Waals surface area contributed by atoms with E-state index >= 15 is 0 Å². The Morgan fingerprint density at radius 3 is 2.54 bits per heavy atom. The number of allylic oxidation sites excluding steroid dienone is 2. The van der Waals surface area contributed by atoms with Crippen LogP contribution in [0.5, 0.6) is 0 Å². The van der Waals surface area contributed by atoms with Crippen LogP contribution in [0, 0.1) is 11.8 Å². The highest BCUT2D eigenvalue weighted by molar-refractivity contribution is 5.77. The number of fused-ring (bicyclic) bond motifs is 1. The van der Waals surface area contributed by atoms with Gasteiger partial charge in [0.15, 0.2) is 0 Å². The van der Waals surface area contributed by atoms with Crippen LogP contribution in [0.25, 0.3) is 16.6 Å². The average Bonchev–Trinajstić information content (AvgIpc) is 3.30. The van der Waals surface area contributed by atoms with Crippen molar-refractivity contribution in [1.29, 1.82) is 0 Å². The van der Waals surface area contributed by atoms with E-state index in [1.165, 1.54) is 35.4 Å². The first-order valence-electron chi connectivity index (χ1n) is 10.3. The molecule has 2 heterocycles. The van der Waals surface area contributed by atoms with Crippen LogP contribution in [0.1, 0.15) is 56.0 Å². The van der Waals surface area contributed by atoms with Crippen LogP contribution in [-0.2, 0) is 20.6 Å². The van der Waals surface area contributed by atoms with Gasteiger partial charge in [-0.15, -0.1) is 0 Å². The fourth-order valence-corrected chi connectivity index (χ4v) is 4.66. The van der Waals surface area contributed by atoms with E-state index in [0.717, 1.165) is 24.0 Å². The Morgan fingerprint density at radius 1 is 1.11 bits per heavy atom. The maximum Gasteiger partial charge on any atom is 0.328 e. The van der Waals surface area contributed by atoms with Gasteiger partial charge in [-0.3, -0.25) is 9.13 Å². The summed E-state index contributed by atoms with van der Waals surface area (Å²) in [7, 11) is 3.67. The molecular weight excluding hydrogens is 348 g/mol. The van der Waals surface area contributed by atoms with Gasteiger partial charge < -0.3 is 4.57 Å². The van der Waals surface area contributed by atoms with Gasteiger partial charge in [-0.25, -0.2) is 9.78 Å². The van der Waals surface area contributed by atoms with E-state index in [9.17, 15) is 4.79 Å². The summed E-state index contributed by atoms with van der Waals surface area (Å²) in [5.74, 6) is 1.98. The van der Waals surface area contributed by atoms with Gasteiger partial charge in [0.2, 0.25) is 0 Å². The lowest BCUT2D eigenvalue weighted by Gasteiger charge is -2.11. The van der Waals surface area contributed by atoms with Crippen molar-refractivity contribution in [1.82, 2.24) is 18.7 Å². The average molecular weight is 377 g/mol. The van der Waals surface area contributed by atoms with E-state index in [4.69, 9.17) is 4.98 Å². The molecule has 0 radical (unpaired) electrons. The maximum absolute atomic E-state index is 12.2. The second-order valence-electron chi connectivity index (χ2n) is 8.84. The zero-order valence-electron chi connectivity index (χ0n) is 17.1. The van der Waals surface area contributed by atoms with Crippen molar-refractivity contribution in [2.45, 2.75) is 45.6 Å². The van der Waals surface area contributed by atoms with Gasteiger partial charge in [0.05, 0.1) is 23.1 Å². The molecule has 5 nitrogen and oxygen atoms in total. The maximum atomic E-state index is 12.2. The fourth-order valence-electron chi connectivity index (χ4n) is 4.66. The Bertz CT molecular complexity index is 1160. The molecule has 146 valence electrons. The molecule has 1 fully saturated rings. The van der Waals surface area contributed by atoms with Crippen molar-refractivity contribution in [3.05, 3.63) is 58.0 Å². The molecule has 0 unspecified atom stereocenters. The van der Waals surface area contributed by atoms with Gasteiger partial charge in [-0.2, -0.15) is 0 Å². The van der Waals surface area contributed by atoms with Crippen LogP contribution < -0.4 is 5.69 Å². The van der Waals surface area contributed by atoms with E-state index in [0.29, 0.717) is 17.8 Å². The van der Waals surface area contributed by atoms with Crippen LogP contribution in [0.3, 0.4) is 0 Å². The molecule has 1 aromatic carbocycles. The molecule has 0 N–H and O–H groups in total. The van der Waals surface area contributed by atoms with Crippen LogP contribution in [0.2, 0.25) is 0 Å². The zero-order chi connectivity index (χ0) is 19.6. The zero-order valence-corrected chi connectivity index (χ0v) is 17.1. The molecule has 1 saturated carbocycles. The summed E-state index contributed by atoms with van der Waals surface area (Å²) in [6, 6.07) is 6.34. The second-order valence-corrected chi connectivity index (χ2v) is 8.84. The predicted octanol–water partition coefficient (Wildman–Crippen LogP) is 4.06. The van der Waals surface area contributed by atoms with Crippen LogP contribution in [0.15, 0.2) is 35.4 Å². The minimum atomic E-state index is 0.0205. The van der Waals surface area contributed by atoms with Gasteiger partial charge in [0.25, 0.3) is 0 Å². The summed E-state index contributed by atoms with van der Waals surface area (Å²) in [5.41, 5.74) is 7.26. The third kappa shape index (κ3) is 2.67. The summed E-state index contributed by atoms with van der Waals surface area (Å²) in [5, 5.41) is 0. The number of hydrogen-bond donors (Lipinski definition) is 0. The summed E-state index contributed by atoms with van der Waals surface area (Å²) < 4.78 is 5.77. The molecule has 5 rings (SSSR count). The monoisotopic (exact) mass is 376 g/mol. The van der Waals surface area contributed by atoms with Crippen molar-refractivity contribution < 1.29 is 0 Å². The topological polar surface area (TPSA) is 44.8 Å². The molecule has 0 bridgehead atoms. The molecule has 2 atom stereocenters. The van der Waals surface area contributed by atoms with Crippen molar-refractivity contribution in [3.63, 3.8) is 0 Å². The lowest BCUT2D eigenvalue weighted by Crippen LogP contribution is -2.19. The summed E-state index contributed by atoms with van der Waals surface area (Å²) in [6.45, 7) is 5.45. The van der Waals surface area contributed by atoms with Gasteiger partial charge in [0, 0.05) is 32.3 Å². The minimum absolute atomic E-state index is 0.0205. The van der Waals surface area contributed by atoms with E-state index < -0.39 is 0 Å². The van der Waals surface area contributed by atoms with Crippen LogP contribution >= 0.6 is 0 Å². The molecule has 0 saturated heterocycles. The Balaban J connectivity index is 1.53. The molecule has 0 aliphatic heterocycles. The quantitative estimate of drug-likeness (QED) is 0.689. The Labute approximate surface area is 165 Å². The van der Waals surface area contributed by atoms with Gasteiger partial charge >= 0.3 is 5.69 Å². The van der Waals surface area contributed by atoms with Crippen LogP contribution in [0.4, 0.5) is 0 Å². The van der Waals surface area contributed by atoms with Gasteiger partial charge in [-0.05, 0) is 54.4 Å². The summed E-state index contributed by atoms with van der Waals surface area (Å²) >= 11 is 0. The summed E-state index contributed by atoms with van der Waals surface area (Å²) in [6.07, 6.45) is 8.11. The van der Waals surface area contributed by atoms with E-state index in [-0.39, 0.29) is 5.69 Å². The number of aryl methyl sites for hydroxylation is 2. The lowest BCUT2D eigenvalue weighted by atomic mass is 9.99. The highest BCUT2D eigenvalue weighted by Crippen LogP contribution is 2.45. The van der Waals surface area contributed by atoms with Crippen LogP contribution in [-0.4, -0.2) is 18.7 Å². The first-order valence-corrected chi connectivity index (χ1v) is 10.3. The Hall–Kier alpha value is -2.56. The Morgan fingerprint density at radius 2 is 1.86 bits per heavy atom. The number of aromatic nitrogens is 4. The number of rotatable bonds is 4. The van der Waals surface area contributed by atoms with Gasteiger partial charge in [-0.1, -0.05) is 26.0 Å². The number of hydrogen-bond acceptors (Lipinski definition) is 2. The third-order valence-electron chi connectivity index (χ3n) is 6.74. The normalized spacial score (nSPS) is 22.2. The highest BCUT2D eigenvalue weighted by Gasteiger charge is 2.33. The first-order chi connectivity index (χ1) is 13.4. The van der Waals surface area contributed by atoms with Crippen molar-refractivity contribution in [2.75, 3.05) is 0 Å². The molecule has 2 aliphatic carbocycles. The predicted molar refractivity (Wildman–Crippen MR) is 112 cm³/mol. The number of nitrogens with zero attached hydrogens (tertiary/aromatic N) is 4. The molecule has 28 heavy (non-hydrogen) atoms. The first kappa shape index (κ1) is 17.5. The van der Waals surface area contributed by atoms with E-state index in [2.05, 4.69) is 42.7 Å². The largest absolute Gasteiger partial charge is 0.329 e.